The molecule has 0 unspecified atom stereocenters. The van der Waals surface area contributed by atoms with Crippen LogP contribution in [-0.4, -0.2) is 16.8 Å². The minimum Gasteiger partial charge on any atom is -0.455 e. The lowest BCUT2D eigenvalue weighted by Gasteiger charge is -2.22. The number of carbonyl (C=O) groups excluding carboxylic acids is 1. The molecular formula is C24H25F3N2O2. The summed E-state index contributed by atoms with van der Waals surface area (Å²) in [5.41, 5.74) is 1.16. The topological polar surface area (TPSA) is 45.5 Å². The average molecular weight is 430 g/mol. The molecule has 3 aromatic rings. The number of rotatable bonds is 8. The summed E-state index contributed by atoms with van der Waals surface area (Å²) in [6, 6.07) is 18.3. The van der Waals surface area contributed by atoms with Gasteiger partial charge in [-0.15, -0.1) is 0 Å². The van der Waals surface area contributed by atoms with E-state index in [4.69, 9.17) is 4.42 Å². The highest BCUT2D eigenvalue weighted by atomic mass is 19.4. The number of alkyl halides is 3. The summed E-state index contributed by atoms with van der Waals surface area (Å²) in [5.74, 6) is 0.563. The molecule has 0 saturated heterocycles. The van der Waals surface area contributed by atoms with Gasteiger partial charge in [0, 0.05) is 19.1 Å². The summed E-state index contributed by atoms with van der Waals surface area (Å²) in [7, 11) is 0. The first-order valence-electron chi connectivity index (χ1n) is 10.0. The van der Waals surface area contributed by atoms with Gasteiger partial charge in [0.25, 0.3) is 5.91 Å². The zero-order valence-electron chi connectivity index (χ0n) is 17.4. The molecule has 0 atom stereocenters. The molecule has 0 aliphatic heterocycles. The van der Waals surface area contributed by atoms with Gasteiger partial charge in [-0.2, -0.15) is 13.2 Å². The van der Waals surface area contributed by atoms with Crippen LogP contribution in [0.1, 0.15) is 46.9 Å². The summed E-state index contributed by atoms with van der Waals surface area (Å²) >= 11 is 0. The van der Waals surface area contributed by atoms with Crippen molar-refractivity contribution in [2.75, 3.05) is 0 Å². The molecule has 31 heavy (non-hydrogen) atoms. The highest BCUT2D eigenvalue weighted by molar-refractivity contribution is 5.91. The number of nitrogens with zero attached hydrogens (tertiary/aromatic N) is 1. The summed E-state index contributed by atoms with van der Waals surface area (Å²) in [6.45, 7) is 5.16. The van der Waals surface area contributed by atoms with E-state index in [9.17, 15) is 18.0 Å². The lowest BCUT2D eigenvalue weighted by molar-refractivity contribution is -0.137. The standard InChI is InChI=1S/C24H25F3N2O2/c1-17(2)28-23(30)22-13-12-21(31-22)16-29(14-18-6-4-3-5-7-18)15-19-8-10-20(11-9-19)24(25,26)27/h3-13,17H,14-16H2,1-2H3,(H,28,30). The van der Waals surface area contributed by atoms with Crippen LogP contribution in [0.4, 0.5) is 13.2 Å². The van der Waals surface area contributed by atoms with E-state index in [-0.39, 0.29) is 17.7 Å². The Morgan fingerprint density at radius 3 is 2.10 bits per heavy atom. The van der Waals surface area contributed by atoms with Gasteiger partial charge in [-0.05, 0) is 49.2 Å². The predicted molar refractivity (Wildman–Crippen MR) is 112 cm³/mol. The third-order valence-electron chi connectivity index (χ3n) is 4.62. The van der Waals surface area contributed by atoms with Crippen molar-refractivity contribution in [1.82, 2.24) is 10.2 Å². The Morgan fingerprint density at radius 1 is 0.903 bits per heavy atom. The van der Waals surface area contributed by atoms with E-state index in [1.54, 1.807) is 12.1 Å². The zero-order valence-corrected chi connectivity index (χ0v) is 17.4. The second-order valence-corrected chi connectivity index (χ2v) is 7.72. The normalized spacial score (nSPS) is 11.8. The fourth-order valence-electron chi connectivity index (χ4n) is 3.21. The first-order valence-corrected chi connectivity index (χ1v) is 10.0. The van der Waals surface area contributed by atoms with Crippen LogP contribution in [0, 0.1) is 0 Å². The number of amides is 1. The molecule has 1 amide bonds. The van der Waals surface area contributed by atoms with Gasteiger partial charge in [-0.25, -0.2) is 0 Å². The molecule has 1 N–H and O–H groups in total. The van der Waals surface area contributed by atoms with Crippen LogP contribution in [0.15, 0.2) is 71.1 Å². The van der Waals surface area contributed by atoms with Gasteiger partial charge >= 0.3 is 6.18 Å². The van der Waals surface area contributed by atoms with E-state index in [1.165, 1.54) is 12.1 Å². The van der Waals surface area contributed by atoms with Crippen molar-refractivity contribution in [1.29, 1.82) is 0 Å². The number of benzene rings is 2. The fourth-order valence-corrected chi connectivity index (χ4v) is 3.21. The Hall–Kier alpha value is -3.06. The smallest absolute Gasteiger partial charge is 0.416 e. The van der Waals surface area contributed by atoms with Gasteiger partial charge in [0.15, 0.2) is 5.76 Å². The fraction of sp³-hybridized carbons (Fsp3) is 0.292. The minimum atomic E-state index is -4.36. The Balaban J connectivity index is 1.75. The van der Waals surface area contributed by atoms with Crippen LogP contribution in [0.3, 0.4) is 0 Å². The molecule has 0 aliphatic rings. The van der Waals surface area contributed by atoms with E-state index in [1.807, 2.05) is 44.2 Å². The number of furan rings is 1. The first kappa shape index (κ1) is 22.6. The average Bonchev–Trinajstić information content (AvgIpc) is 3.16. The van der Waals surface area contributed by atoms with E-state index in [0.29, 0.717) is 25.4 Å². The van der Waals surface area contributed by atoms with Gasteiger partial charge in [0.05, 0.1) is 12.1 Å². The molecule has 0 aliphatic carbocycles. The Labute approximate surface area is 179 Å². The second kappa shape index (κ2) is 9.83. The Kier molecular flexibility index (Phi) is 7.17. The predicted octanol–water partition coefficient (Wildman–Crippen LogP) is 5.64. The highest BCUT2D eigenvalue weighted by Crippen LogP contribution is 2.29. The highest BCUT2D eigenvalue weighted by Gasteiger charge is 2.30. The van der Waals surface area contributed by atoms with Crippen LogP contribution in [-0.2, 0) is 25.8 Å². The molecule has 0 bridgehead atoms. The minimum absolute atomic E-state index is 0.00435. The maximum Gasteiger partial charge on any atom is 0.416 e. The lowest BCUT2D eigenvalue weighted by Crippen LogP contribution is -2.29. The van der Waals surface area contributed by atoms with Crippen LogP contribution in [0.5, 0.6) is 0 Å². The van der Waals surface area contributed by atoms with Crippen molar-refractivity contribution < 1.29 is 22.4 Å². The molecule has 1 heterocycles. The van der Waals surface area contributed by atoms with Crippen LogP contribution in [0.25, 0.3) is 0 Å². The molecule has 1 aromatic heterocycles. The lowest BCUT2D eigenvalue weighted by atomic mass is 10.1. The number of nitrogens with one attached hydrogen (secondary N) is 1. The Morgan fingerprint density at radius 2 is 1.52 bits per heavy atom. The van der Waals surface area contributed by atoms with Crippen LogP contribution >= 0.6 is 0 Å². The summed E-state index contributed by atoms with van der Waals surface area (Å²) in [5, 5.41) is 2.78. The Bertz CT molecular complexity index is 980. The largest absolute Gasteiger partial charge is 0.455 e. The van der Waals surface area contributed by atoms with Gasteiger partial charge in [-0.3, -0.25) is 9.69 Å². The van der Waals surface area contributed by atoms with Crippen LogP contribution < -0.4 is 5.32 Å². The van der Waals surface area contributed by atoms with Gasteiger partial charge in [0.1, 0.15) is 5.76 Å². The molecule has 0 spiro atoms. The molecule has 7 heteroatoms. The van der Waals surface area contributed by atoms with Crippen molar-refractivity contribution in [3.05, 3.63) is 94.9 Å². The van der Waals surface area contributed by atoms with Crippen molar-refractivity contribution >= 4 is 5.91 Å². The van der Waals surface area contributed by atoms with E-state index >= 15 is 0 Å². The van der Waals surface area contributed by atoms with Gasteiger partial charge in [-0.1, -0.05) is 42.5 Å². The number of hydrogen-bond acceptors (Lipinski definition) is 3. The molecule has 2 aromatic carbocycles. The van der Waals surface area contributed by atoms with Gasteiger partial charge < -0.3 is 9.73 Å². The summed E-state index contributed by atoms with van der Waals surface area (Å²) in [6.07, 6.45) is -4.36. The van der Waals surface area contributed by atoms with Crippen molar-refractivity contribution in [2.45, 2.75) is 45.7 Å². The quantitative estimate of drug-likeness (QED) is 0.503. The molecule has 0 saturated carbocycles. The summed E-state index contributed by atoms with van der Waals surface area (Å²) in [4.78, 5) is 14.2. The van der Waals surface area contributed by atoms with E-state index in [0.717, 1.165) is 23.3 Å². The number of halogens is 3. The molecule has 4 nitrogen and oxygen atoms in total. The third kappa shape index (κ3) is 6.72. The monoisotopic (exact) mass is 430 g/mol. The number of hydrogen-bond donors (Lipinski definition) is 1. The molecule has 3 rings (SSSR count). The van der Waals surface area contributed by atoms with Crippen molar-refractivity contribution in [3.8, 4) is 0 Å². The molecule has 164 valence electrons. The number of carbonyl (C=O) groups is 1. The maximum absolute atomic E-state index is 12.8. The SMILES string of the molecule is CC(C)NC(=O)c1ccc(CN(Cc2ccccc2)Cc2ccc(C(F)(F)F)cc2)o1. The third-order valence-corrected chi connectivity index (χ3v) is 4.62. The first-order chi connectivity index (χ1) is 14.7. The summed E-state index contributed by atoms with van der Waals surface area (Å²) < 4.78 is 44.3. The molecule has 0 fully saturated rings. The molecule has 0 radical (unpaired) electrons. The van der Waals surface area contributed by atoms with E-state index < -0.39 is 11.7 Å². The van der Waals surface area contributed by atoms with Gasteiger partial charge in [0.2, 0.25) is 0 Å². The molecular weight excluding hydrogens is 405 g/mol. The van der Waals surface area contributed by atoms with E-state index in [2.05, 4.69) is 10.2 Å². The van der Waals surface area contributed by atoms with Crippen molar-refractivity contribution in [2.24, 2.45) is 0 Å². The zero-order chi connectivity index (χ0) is 22.4. The maximum atomic E-state index is 12.8. The van der Waals surface area contributed by atoms with Crippen LogP contribution in [0.2, 0.25) is 0 Å². The second-order valence-electron chi connectivity index (χ2n) is 7.72. The van der Waals surface area contributed by atoms with Crippen molar-refractivity contribution in [3.63, 3.8) is 0 Å².